The lowest BCUT2D eigenvalue weighted by molar-refractivity contribution is -0.141. The molecule has 9 nitrogen and oxygen atoms in total. The number of halogens is 1. The number of amides is 1. The fourth-order valence-electron chi connectivity index (χ4n) is 3.40. The van der Waals surface area contributed by atoms with E-state index in [-0.39, 0.29) is 18.9 Å². The molecule has 0 saturated carbocycles. The summed E-state index contributed by atoms with van der Waals surface area (Å²) in [5, 5.41) is 3.75. The summed E-state index contributed by atoms with van der Waals surface area (Å²) in [5.74, 6) is -0.165. The van der Waals surface area contributed by atoms with Gasteiger partial charge in [0.25, 0.3) is 0 Å². The van der Waals surface area contributed by atoms with Crippen molar-refractivity contribution in [2.45, 2.75) is 18.9 Å². The van der Waals surface area contributed by atoms with E-state index in [1.165, 1.54) is 18.1 Å². The molecule has 4 rings (SSSR count). The molecule has 0 N–H and O–H groups in total. The van der Waals surface area contributed by atoms with E-state index in [9.17, 15) is 14.0 Å². The van der Waals surface area contributed by atoms with Crippen molar-refractivity contribution in [3.8, 4) is 11.1 Å². The molecule has 2 aliphatic heterocycles. The fraction of sp³-hybridized carbons (Fsp3) is 0.333. The van der Waals surface area contributed by atoms with Gasteiger partial charge in [-0.25, -0.2) is 14.2 Å². The Morgan fingerprint density at radius 2 is 2.19 bits per heavy atom. The van der Waals surface area contributed by atoms with Gasteiger partial charge in [-0.05, 0) is 36.8 Å². The number of hydrogen-bond acceptors (Lipinski definition) is 8. The number of oxime groups is 1. The first kappa shape index (κ1) is 20.6. The molecule has 0 aliphatic carbocycles. The van der Waals surface area contributed by atoms with Gasteiger partial charge >= 0.3 is 12.1 Å². The molecule has 1 atom stereocenters. The Balaban J connectivity index is 1.45. The summed E-state index contributed by atoms with van der Waals surface area (Å²) in [6, 6.07) is 8.11. The van der Waals surface area contributed by atoms with E-state index in [0.717, 1.165) is 0 Å². The molecule has 10 heteroatoms. The number of nitrogens with zero attached hydrogens (tertiary/aromatic N) is 4. The van der Waals surface area contributed by atoms with Crippen LogP contribution in [0.3, 0.4) is 0 Å². The maximum Gasteiger partial charge on any atom is 0.414 e. The van der Waals surface area contributed by atoms with Crippen LogP contribution in [0.2, 0.25) is 0 Å². The van der Waals surface area contributed by atoms with Crippen molar-refractivity contribution in [2.24, 2.45) is 5.16 Å². The van der Waals surface area contributed by atoms with Gasteiger partial charge in [-0.15, -0.1) is 0 Å². The molecule has 3 heterocycles. The van der Waals surface area contributed by atoms with E-state index in [0.29, 0.717) is 42.2 Å². The molecule has 0 unspecified atom stereocenters. The number of esters is 1. The molecule has 1 aromatic carbocycles. The normalized spacial score (nSPS) is 18.0. The van der Waals surface area contributed by atoms with Crippen LogP contribution in [0.4, 0.5) is 20.7 Å². The third-order valence-electron chi connectivity index (χ3n) is 5.07. The molecular weight excluding hydrogens is 407 g/mol. The number of rotatable bonds is 6. The van der Waals surface area contributed by atoms with Crippen molar-refractivity contribution in [3.05, 3.63) is 42.3 Å². The number of pyridine rings is 1. The number of ether oxygens (including phenoxy) is 2. The average Bonchev–Trinajstić information content (AvgIpc) is 3.18. The van der Waals surface area contributed by atoms with Crippen LogP contribution >= 0.6 is 0 Å². The van der Waals surface area contributed by atoms with E-state index in [2.05, 4.69) is 14.9 Å². The van der Waals surface area contributed by atoms with Crippen molar-refractivity contribution in [1.82, 2.24) is 4.98 Å². The molecule has 1 fully saturated rings. The highest BCUT2D eigenvalue weighted by molar-refractivity contribution is 5.90. The minimum absolute atomic E-state index is 0.148. The molecule has 2 aromatic rings. The van der Waals surface area contributed by atoms with E-state index < -0.39 is 18.0 Å². The third kappa shape index (κ3) is 4.57. The van der Waals surface area contributed by atoms with Gasteiger partial charge in [0.1, 0.15) is 30.7 Å². The predicted octanol–water partition coefficient (Wildman–Crippen LogP) is 2.95. The van der Waals surface area contributed by atoms with Gasteiger partial charge in [-0.2, -0.15) is 0 Å². The minimum atomic E-state index is -0.569. The fourth-order valence-corrected chi connectivity index (χ4v) is 3.40. The van der Waals surface area contributed by atoms with Crippen LogP contribution in [-0.2, 0) is 19.1 Å². The topological polar surface area (TPSA) is 93.6 Å². The Kier molecular flexibility index (Phi) is 5.96. The Morgan fingerprint density at radius 1 is 1.32 bits per heavy atom. The number of benzene rings is 1. The van der Waals surface area contributed by atoms with Crippen LogP contribution < -0.4 is 9.80 Å². The quantitative estimate of drug-likeness (QED) is 0.653. The number of cyclic esters (lactones) is 1. The summed E-state index contributed by atoms with van der Waals surface area (Å²) in [5.41, 5.74) is 1.37. The highest BCUT2D eigenvalue weighted by Gasteiger charge is 2.33. The molecular formula is C21H21FN4O5. The molecule has 0 bridgehead atoms. The van der Waals surface area contributed by atoms with Crippen molar-refractivity contribution < 1.29 is 28.3 Å². The van der Waals surface area contributed by atoms with Crippen LogP contribution in [0.1, 0.15) is 12.8 Å². The average molecular weight is 428 g/mol. The number of anilines is 2. The SMILES string of the molecule is COC(=O)CC[C@H]1CN(c2ccc(-c3ccc(N4C=NOCC4)nc3)c(F)c2)C(=O)O1. The molecule has 31 heavy (non-hydrogen) atoms. The Morgan fingerprint density at radius 3 is 2.87 bits per heavy atom. The standard InChI is InChI=1S/C21H21FN4O5/c1-29-20(27)7-4-16-12-26(21(28)31-16)15-3-5-17(18(22)10-15)14-2-6-19(23-11-14)25-8-9-30-24-13-25/h2-3,5-6,10-11,13,16H,4,7-9,12H2,1H3/t16-/m0/s1. The first-order chi connectivity index (χ1) is 15.0. The van der Waals surface area contributed by atoms with Gasteiger partial charge in [0.2, 0.25) is 0 Å². The summed E-state index contributed by atoms with van der Waals surface area (Å²) in [4.78, 5) is 36.0. The number of aromatic nitrogens is 1. The first-order valence-electron chi connectivity index (χ1n) is 9.78. The zero-order valence-corrected chi connectivity index (χ0v) is 16.9. The summed E-state index contributed by atoms with van der Waals surface area (Å²) >= 11 is 0. The Labute approximate surface area is 178 Å². The van der Waals surface area contributed by atoms with E-state index in [1.807, 2.05) is 4.90 Å². The number of hydrogen-bond donors (Lipinski definition) is 0. The molecule has 162 valence electrons. The van der Waals surface area contributed by atoms with Gasteiger partial charge in [0.05, 0.1) is 25.9 Å². The molecule has 0 spiro atoms. The van der Waals surface area contributed by atoms with E-state index >= 15 is 0 Å². The van der Waals surface area contributed by atoms with Crippen LogP contribution in [0, 0.1) is 5.82 Å². The second-order valence-corrected chi connectivity index (χ2v) is 7.05. The highest BCUT2D eigenvalue weighted by atomic mass is 19.1. The van der Waals surface area contributed by atoms with Gasteiger partial charge in [0, 0.05) is 23.7 Å². The van der Waals surface area contributed by atoms with Crippen molar-refractivity contribution in [2.75, 3.05) is 36.6 Å². The van der Waals surface area contributed by atoms with E-state index in [1.54, 1.807) is 36.8 Å². The number of carbonyl (C=O) groups is 2. The van der Waals surface area contributed by atoms with Crippen molar-refractivity contribution in [3.63, 3.8) is 0 Å². The summed E-state index contributed by atoms with van der Waals surface area (Å²) in [6.45, 7) is 1.34. The summed E-state index contributed by atoms with van der Waals surface area (Å²) < 4.78 is 24.7. The lowest BCUT2D eigenvalue weighted by atomic mass is 10.1. The smallest absolute Gasteiger partial charge is 0.414 e. The van der Waals surface area contributed by atoms with Crippen LogP contribution in [0.15, 0.2) is 41.7 Å². The summed E-state index contributed by atoms with van der Waals surface area (Å²) in [6.07, 6.45) is 2.61. The maximum atomic E-state index is 14.9. The monoisotopic (exact) mass is 428 g/mol. The number of carbonyl (C=O) groups excluding carboxylic acids is 2. The molecule has 0 radical (unpaired) electrons. The van der Waals surface area contributed by atoms with Gasteiger partial charge < -0.3 is 19.2 Å². The van der Waals surface area contributed by atoms with E-state index in [4.69, 9.17) is 9.57 Å². The van der Waals surface area contributed by atoms with Crippen LogP contribution in [0.5, 0.6) is 0 Å². The second-order valence-electron chi connectivity index (χ2n) is 7.05. The molecule has 1 saturated heterocycles. The molecule has 1 amide bonds. The highest BCUT2D eigenvalue weighted by Crippen LogP contribution is 2.30. The zero-order chi connectivity index (χ0) is 21.8. The first-order valence-corrected chi connectivity index (χ1v) is 9.78. The van der Waals surface area contributed by atoms with Gasteiger partial charge in [0.15, 0.2) is 0 Å². The number of methoxy groups -OCH3 is 1. The minimum Gasteiger partial charge on any atom is -0.469 e. The summed E-state index contributed by atoms with van der Waals surface area (Å²) in [7, 11) is 1.31. The second kappa shape index (κ2) is 8.99. The zero-order valence-electron chi connectivity index (χ0n) is 16.9. The lowest BCUT2D eigenvalue weighted by Gasteiger charge is -2.20. The maximum absolute atomic E-state index is 14.9. The van der Waals surface area contributed by atoms with Gasteiger partial charge in [-0.3, -0.25) is 9.69 Å². The molecule has 1 aromatic heterocycles. The van der Waals surface area contributed by atoms with Gasteiger partial charge in [-0.1, -0.05) is 5.16 Å². The Bertz CT molecular complexity index is 998. The van der Waals surface area contributed by atoms with Crippen LogP contribution in [-0.4, -0.2) is 56.3 Å². The predicted molar refractivity (Wildman–Crippen MR) is 110 cm³/mol. The Hall–Kier alpha value is -3.69. The lowest BCUT2D eigenvalue weighted by Crippen LogP contribution is -2.29. The molecule has 2 aliphatic rings. The van der Waals surface area contributed by atoms with Crippen LogP contribution in [0.25, 0.3) is 11.1 Å². The largest absolute Gasteiger partial charge is 0.469 e. The van der Waals surface area contributed by atoms with Crippen molar-refractivity contribution in [1.29, 1.82) is 0 Å². The van der Waals surface area contributed by atoms with Crippen molar-refractivity contribution >= 4 is 29.9 Å². The third-order valence-corrected chi connectivity index (χ3v) is 5.07.